The summed E-state index contributed by atoms with van der Waals surface area (Å²) in [5.74, 6) is 2.06. The van der Waals surface area contributed by atoms with Crippen molar-refractivity contribution < 1.29 is 29.0 Å². The van der Waals surface area contributed by atoms with E-state index in [4.69, 9.17) is 15.9 Å². The highest BCUT2D eigenvalue weighted by Gasteiger charge is 2.36. The van der Waals surface area contributed by atoms with E-state index in [2.05, 4.69) is 16.6 Å². The van der Waals surface area contributed by atoms with Crippen LogP contribution in [0, 0.1) is 12.3 Å². The van der Waals surface area contributed by atoms with Crippen LogP contribution in [0.1, 0.15) is 43.5 Å². The molecule has 2 unspecified atom stereocenters. The average Bonchev–Trinajstić information content (AvgIpc) is 2.96. The quantitative estimate of drug-likeness (QED) is 0.295. The summed E-state index contributed by atoms with van der Waals surface area (Å²) >= 11 is 0. The molecular weight excluding hydrogens is 534 g/mol. The van der Waals surface area contributed by atoms with Crippen molar-refractivity contribution in [2.75, 3.05) is 25.6 Å². The number of methoxy groups -OCH3 is 1. The summed E-state index contributed by atoms with van der Waals surface area (Å²) in [5.41, 5.74) is 1.54. The Hall–Kier alpha value is -4.81. The first-order valence-electron chi connectivity index (χ1n) is 13.5. The van der Waals surface area contributed by atoms with Crippen molar-refractivity contribution in [3.8, 4) is 18.1 Å². The van der Waals surface area contributed by atoms with Crippen molar-refractivity contribution in [1.82, 2.24) is 10.2 Å². The zero-order valence-corrected chi connectivity index (χ0v) is 24.3. The second-order valence-electron chi connectivity index (χ2n) is 10.5. The molecule has 0 aliphatic heterocycles. The molecule has 0 spiro atoms. The molecule has 3 aromatic carbocycles. The van der Waals surface area contributed by atoms with E-state index in [9.17, 15) is 19.5 Å². The fourth-order valence-corrected chi connectivity index (χ4v) is 4.29. The molecule has 0 saturated heterocycles. The topological polar surface area (TPSA) is 117 Å². The van der Waals surface area contributed by atoms with Crippen LogP contribution in [0.25, 0.3) is 0 Å². The van der Waals surface area contributed by atoms with Gasteiger partial charge in [-0.05, 0) is 68.3 Å². The first-order valence-corrected chi connectivity index (χ1v) is 13.5. The smallest absolute Gasteiger partial charge is 0.408 e. The molecule has 2 atom stereocenters. The normalized spacial score (nSPS) is 12.3. The third-order valence-corrected chi connectivity index (χ3v) is 6.21. The van der Waals surface area contributed by atoms with Gasteiger partial charge in [0.1, 0.15) is 23.4 Å². The van der Waals surface area contributed by atoms with Crippen molar-refractivity contribution in [3.05, 3.63) is 95.6 Å². The maximum Gasteiger partial charge on any atom is 0.408 e. The monoisotopic (exact) mass is 571 g/mol. The van der Waals surface area contributed by atoms with Crippen LogP contribution in [0.15, 0.2) is 78.9 Å². The molecule has 0 radical (unpaired) electrons. The predicted octanol–water partition coefficient (Wildman–Crippen LogP) is 4.31. The molecule has 3 amide bonds. The molecule has 3 N–H and O–H groups in total. The van der Waals surface area contributed by atoms with Gasteiger partial charge in [0.15, 0.2) is 0 Å². The third-order valence-electron chi connectivity index (χ3n) is 6.21. The van der Waals surface area contributed by atoms with E-state index in [-0.39, 0.29) is 13.0 Å². The number of alkyl carbamates (subject to hydrolysis) is 1. The number of anilines is 1. The summed E-state index contributed by atoms with van der Waals surface area (Å²) in [4.78, 5) is 42.2. The number of amides is 3. The Morgan fingerprint density at radius 3 is 2.17 bits per heavy atom. The number of hydrogen-bond acceptors (Lipinski definition) is 6. The molecule has 0 saturated carbocycles. The number of carbonyl (C=O) groups excluding carboxylic acids is 3. The Bertz CT molecular complexity index is 1380. The lowest BCUT2D eigenvalue weighted by atomic mass is 9.99. The maximum absolute atomic E-state index is 14.2. The number of terminal acetylenes is 1. The van der Waals surface area contributed by atoms with Gasteiger partial charge < -0.3 is 30.1 Å². The van der Waals surface area contributed by atoms with Gasteiger partial charge in [-0.3, -0.25) is 9.59 Å². The number of rotatable bonds is 11. The SMILES string of the molecule is C#Cc1ccc(C(C(=O)Nc2ccc(OC)cc2)N(CCO)C(=O)C(Cc2ccccc2)NC(=O)OC(C)(C)C)cc1. The Balaban J connectivity index is 2.03. The number of aliphatic hydroxyl groups excluding tert-OH is 1. The average molecular weight is 572 g/mol. The highest BCUT2D eigenvalue weighted by molar-refractivity contribution is 5.99. The van der Waals surface area contributed by atoms with Crippen molar-refractivity contribution in [1.29, 1.82) is 0 Å². The van der Waals surface area contributed by atoms with Crippen LogP contribution in [-0.4, -0.2) is 59.8 Å². The number of aliphatic hydroxyl groups is 1. The van der Waals surface area contributed by atoms with E-state index >= 15 is 0 Å². The maximum atomic E-state index is 14.2. The standard InChI is InChI=1S/C33H37N3O6/c1-6-23-12-14-25(15-13-23)29(30(38)34-26-16-18-27(41-5)19-17-26)36(20-21-37)31(39)28(22-24-10-8-7-9-11-24)35-32(40)42-33(2,3)4/h1,7-19,28-29,37H,20-22H2,2-5H3,(H,34,38)(H,35,40). The number of carbonyl (C=O) groups is 3. The van der Waals surface area contributed by atoms with Gasteiger partial charge in [-0.25, -0.2) is 4.79 Å². The van der Waals surface area contributed by atoms with Crippen molar-refractivity contribution >= 4 is 23.6 Å². The minimum Gasteiger partial charge on any atom is -0.497 e. The van der Waals surface area contributed by atoms with Gasteiger partial charge in [0, 0.05) is 24.2 Å². The van der Waals surface area contributed by atoms with Gasteiger partial charge >= 0.3 is 6.09 Å². The summed E-state index contributed by atoms with van der Waals surface area (Å²) in [6, 6.07) is 20.3. The lowest BCUT2D eigenvalue weighted by molar-refractivity contribution is -0.141. The second-order valence-corrected chi connectivity index (χ2v) is 10.5. The molecule has 3 aromatic rings. The summed E-state index contributed by atoms with van der Waals surface area (Å²) in [6.07, 6.45) is 4.88. The van der Waals surface area contributed by atoms with Gasteiger partial charge in [-0.15, -0.1) is 6.42 Å². The minimum absolute atomic E-state index is 0.129. The van der Waals surface area contributed by atoms with Gasteiger partial charge in [0.25, 0.3) is 5.91 Å². The molecule has 42 heavy (non-hydrogen) atoms. The lowest BCUT2D eigenvalue weighted by Crippen LogP contribution is -2.53. The van der Waals surface area contributed by atoms with Crippen LogP contribution < -0.4 is 15.4 Å². The van der Waals surface area contributed by atoms with E-state index in [1.54, 1.807) is 76.4 Å². The summed E-state index contributed by atoms with van der Waals surface area (Å²) in [5, 5.41) is 15.6. The third kappa shape index (κ3) is 9.11. The van der Waals surface area contributed by atoms with Gasteiger partial charge in [0.05, 0.1) is 13.7 Å². The fraction of sp³-hybridized carbons (Fsp3) is 0.303. The Kier molecular flexibility index (Phi) is 11.1. The molecule has 9 nitrogen and oxygen atoms in total. The van der Waals surface area contributed by atoms with Gasteiger partial charge in [0.2, 0.25) is 5.91 Å². The largest absolute Gasteiger partial charge is 0.497 e. The van der Waals surface area contributed by atoms with E-state index in [1.165, 1.54) is 4.90 Å². The van der Waals surface area contributed by atoms with Crippen molar-refractivity contribution in [2.24, 2.45) is 0 Å². The molecule has 0 heterocycles. The van der Waals surface area contributed by atoms with Crippen LogP contribution in [0.5, 0.6) is 5.75 Å². The molecule has 0 aliphatic carbocycles. The van der Waals surface area contributed by atoms with Crippen molar-refractivity contribution in [3.63, 3.8) is 0 Å². The number of hydrogen-bond donors (Lipinski definition) is 3. The van der Waals surface area contributed by atoms with Crippen molar-refractivity contribution in [2.45, 2.75) is 44.9 Å². The van der Waals surface area contributed by atoms with Gasteiger partial charge in [-0.1, -0.05) is 48.4 Å². The Morgan fingerprint density at radius 1 is 0.976 bits per heavy atom. The first-order chi connectivity index (χ1) is 20.0. The number of ether oxygens (including phenoxy) is 2. The van der Waals surface area contributed by atoms with Gasteiger partial charge in [-0.2, -0.15) is 0 Å². The molecule has 0 aromatic heterocycles. The molecule has 0 aliphatic rings. The molecule has 0 fully saturated rings. The second kappa shape index (κ2) is 14.7. The highest BCUT2D eigenvalue weighted by Crippen LogP contribution is 2.26. The summed E-state index contributed by atoms with van der Waals surface area (Å²) in [7, 11) is 1.54. The number of nitrogens with zero attached hydrogens (tertiary/aromatic N) is 1. The first kappa shape index (κ1) is 31.7. The molecule has 220 valence electrons. The zero-order chi connectivity index (χ0) is 30.7. The molecule has 0 bridgehead atoms. The minimum atomic E-state index is -1.17. The van der Waals surface area contributed by atoms with Crippen LogP contribution in [0.2, 0.25) is 0 Å². The van der Waals surface area contributed by atoms with Crippen LogP contribution >= 0.6 is 0 Å². The zero-order valence-electron chi connectivity index (χ0n) is 24.3. The number of benzene rings is 3. The molecule has 9 heteroatoms. The predicted molar refractivity (Wildman–Crippen MR) is 161 cm³/mol. The Morgan fingerprint density at radius 2 is 1.62 bits per heavy atom. The van der Waals surface area contributed by atoms with E-state index in [0.717, 1.165) is 5.56 Å². The lowest BCUT2D eigenvalue weighted by Gasteiger charge is -2.34. The van der Waals surface area contributed by atoms with E-state index < -0.39 is 42.2 Å². The highest BCUT2D eigenvalue weighted by atomic mass is 16.6. The summed E-state index contributed by atoms with van der Waals surface area (Å²) in [6.45, 7) is 4.55. The van der Waals surface area contributed by atoms with E-state index in [1.807, 2.05) is 30.3 Å². The fourth-order valence-electron chi connectivity index (χ4n) is 4.29. The molecule has 3 rings (SSSR count). The van der Waals surface area contributed by atoms with Crippen LogP contribution in [0.3, 0.4) is 0 Å². The summed E-state index contributed by atoms with van der Waals surface area (Å²) < 4.78 is 10.6. The van der Waals surface area contributed by atoms with Crippen LogP contribution in [0.4, 0.5) is 10.5 Å². The molecular formula is C33H37N3O6. The van der Waals surface area contributed by atoms with E-state index in [0.29, 0.717) is 22.6 Å². The number of nitrogens with one attached hydrogen (secondary N) is 2. The van der Waals surface area contributed by atoms with Crippen LogP contribution in [-0.2, 0) is 20.7 Å². The Labute approximate surface area is 246 Å².